The molecule has 4 nitrogen and oxygen atoms in total. The monoisotopic (exact) mass is 371 g/mol. The Morgan fingerprint density at radius 3 is 1.88 bits per heavy atom. The zero-order chi connectivity index (χ0) is 20.6. The Bertz CT molecular complexity index is 408. The van der Waals surface area contributed by atoms with E-state index in [4.69, 9.17) is 9.47 Å². The predicted molar refractivity (Wildman–Crippen MR) is 111 cm³/mol. The summed E-state index contributed by atoms with van der Waals surface area (Å²) in [5, 5.41) is 0. The molecule has 26 heavy (non-hydrogen) atoms. The Kier molecular flexibility index (Phi) is 10.4. The zero-order valence-corrected chi connectivity index (χ0v) is 19.2. The largest absolute Gasteiger partial charge is 0.458 e. The van der Waals surface area contributed by atoms with Crippen LogP contribution in [-0.4, -0.2) is 47.8 Å². The molecule has 0 saturated carbocycles. The normalized spacial score (nSPS) is 14.6. The minimum absolute atomic E-state index is 0.0831. The first-order valence-electron chi connectivity index (χ1n) is 10.5. The van der Waals surface area contributed by atoms with Crippen molar-refractivity contribution in [1.82, 2.24) is 4.90 Å². The summed E-state index contributed by atoms with van der Waals surface area (Å²) in [6.07, 6.45) is 3.63. The van der Waals surface area contributed by atoms with E-state index in [2.05, 4.69) is 39.5 Å². The molecule has 0 rings (SSSR count). The van der Waals surface area contributed by atoms with Gasteiger partial charge in [0.05, 0.1) is 12.2 Å². The topological polar surface area (TPSA) is 38.8 Å². The second-order valence-corrected chi connectivity index (χ2v) is 9.28. The molecule has 0 aliphatic carbocycles. The van der Waals surface area contributed by atoms with Crippen LogP contribution in [0.4, 0.5) is 0 Å². The first-order valence-corrected chi connectivity index (χ1v) is 10.5. The predicted octanol–water partition coefficient (Wildman–Crippen LogP) is 5.44. The average Bonchev–Trinajstić information content (AvgIpc) is 2.51. The van der Waals surface area contributed by atoms with Gasteiger partial charge in [-0.05, 0) is 72.4 Å². The van der Waals surface area contributed by atoms with Crippen molar-refractivity contribution in [3.63, 3.8) is 0 Å². The van der Waals surface area contributed by atoms with Crippen LogP contribution in [0.5, 0.6) is 0 Å². The highest BCUT2D eigenvalue weighted by Gasteiger charge is 2.42. The lowest BCUT2D eigenvalue weighted by Gasteiger charge is -2.43. The summed E-state index contributed by atoms with van der Waals surface area (Å²) in [6, 6.07) is -0.203. The fourth-order valence-electron chi connectivity index (χ4n) is 3.25. The maximum Gasteiger partial charge on any atom is 0.324 e. The van der Waals surface area contributed by atoms with Crippen LogP contribution in [0.15, 0.2) is 0 Å². The first-order chi connectivity index (χ1) is 11.9. The molecule has 0 aliphatic heterocycles. The number of hydrogen-bond donors (Lipinski definition) is 0. The Labute approximate surface area is 163 Å². The van der Waals surface area contributed by atoms with Crippen LogP contribution < -0.4 is 0 Å². The van der Waals surface area contributed by atoms with Gasteiger partial charge in [0.25, 0.3) is 0 Å². The van der Waals surface area contributed by atoms with E-state index in [1.807, 2.05) is 34.6 Å². The van der Waals surface area contributed by atoms with Gasteiger partial charge in [0.2, 0.25) is 0 Å². The SMILES string of the molecule is CCCN(CC)C(C(=O)OC(C)(C)CCOC(C)(C)C)C(C)(CC)CC. The van der Waals surface area contributed by atoms with E-state index in [-0.39, 0.29) is 23.0 Å². The molecule has 0 aliphatic rings. The molecule has 156 valence electrons. The molecule has 0 aromatic heterocycles. The number of ether oxygens (including phenoxy) is 2. The van der Waals surface area contributed by atoms with Crippen molar-refractivity contribution < 1.29 is 14.3 Å². The van der Waals surface area contributed by atoms with Gasteiger partial charge < -0.3 is 9.47 Å². The van der Waals surface area contributed by atoms with Crippen molar-refractivity contribution in [2.24, 2.45) is 5.41 Å². The summed E-state index contributed by atoms with van der Waals surface area (Å²) in [4.78, 5) is 15.5. The Hall–Kier alpha value is -0.610. The first kappa shape index (κ1) is 25.4. The lowest BCUT2D eigenvalue weighted by molar-refractivity contribution is -0.171. The molecule has 1 unspecified atom stereocenters. The van der Waals surface area contributed by atoms with Crippen LogP contribution in [0.25, 0.3) is 0 Å². The van der Waals surface area contributed by atoms with Crippen molar-refractivity contribution in [3.8, 4) is 0 Å². The number of likely N-dealkylation sites (N-methyl/N-ethyl adjacent to an activating group) is 1. The fraction of sp³-hybridized carbons (Fsp3) is 0.955. The zero-order valence-electron chi connectivity index (χ0n) is 19.2. The minimum atomic E-state index is -0.533. The Morgan fingerprint density at radius 1 is 0.962 bits per heavy atom. The van der Waals surface area contributed by atoms with Crippen LogP contribution in [0.3, 0.4) is 0 Å². The highest BCUT2D eigenvalue weighted by Crippen LogP contribution is 2.35. The van der Waals surface area contributed by atoms with Gasteiger partial charge >= 0.3 is 5.97 Å². The van der Waals surface area contributed by atoms with Crippen molar-refractivity contribution in [2.75, 3.05) is 19.7 Å². The highest BCUT2D eigenvalue weighted by molar-refractivity contribution is 5.77. The molecule has 0 aromatic carbocycles. The van der Waals surface area contributed by atoms with E-state index in [0.717, 1.165) is 32.4 Å². The molecule has 0 aromatic rings. The number of hydrogen-bond acceptors (Lipinski definition) is 4. The van der Waals surface area contributed by atoms with Gasteiger partial charge in [-0.1, -0.05) is 34.6 Å². The van der Waals surface area contributed by atoms with Gasteiger partial charge in [-0.2, -0.15) is 0 Å². The summed E-state index contributed by atoms with van der Waals surface area (Å²) >= 11 is 0. The van der Waals surface area contributed by atoms with E-state index in [9.17, 15) is 4.79 Å². The molecule has 0 N–H and O–H groups in total. The molecule has 0 spiro atoms. The van der Waals surface area contributed by atoms with Crippen LogP contribution in [0.1, 0.15) is 94.9 Å². The van der Waals surface area contributed by atoms with Gasteiger partial charge in [-0.3, -0.25) is 9.69 Å². The second-order valence-electron chi connectivity index (χ2n) is 9.28. The van der Waals surface area contributed by atoms with Crippen molar-refractivity contribution in [2.45, 2.75) is 112 Å². The number of esters is 1. The fourth-order valence-corrected chi connectivity index (χ4v) is 3.25. The van der Waals surface area contributed by atoms with Gasteiger partial charge in [0, 0.05) is 6.42 Å². The Morgan fingerprint density at radius 2 is 1.50 bits per heavy atom. The summed E-state index contributed by atoms with van der Waals surface area (Å²) < 4.78 is 11.9. The van der Waals surface area contributed by atoms with E-state index >= 15 is 0 Å². The third kappa shape index (κ3) is 8.39. The molecule has 0 bridgehead atoms. The summed E-state index contributed by atoms with van der Waals surface area (Å²) in [7, 11) is 0. The summed E-state index contributed by atoms with van der Waals surface area (Å²) in [5.41, 5.74) is -0.791. The van der Waals surface area contributed by atoms with Crippen molar-refractivity contribution in [3.05, 3.63) is 0 Å². The quantitative estimate of drug-likeness (QED) is 0.428. The van der Waals surface area contributed by atoms with Gasteiger partial charge in [0.1, 0.15) is 11.6 Å². The standard InChI is InChI=1S/C22H45NO3/c1-11-16-23(14-4)18(22(10,12-2)13-3)19(24)26-21(8,9)15-17-25-20(5,6)7/h18H,11-17H2,1-10H3. The molecule has 1 atom stereocenters. The van der Waals surface area contributed by atoms with Gasteiger partial charge in [-0.15, -0.1) is 0 Å². The minimum Gasteiger partial charge on any atom is -0.458 e. The molecule has 0 radical (unpaired) electrons. The van der Waals surface area contributed by atoms with Crippen LogP contribution in [0.2, 0.25) is 0 Å². The molecule has 0 amide bonds. The van der Waals surface area contributed by atoms with E-state index in [0.29, 0.717) is 13.0 Å². The number of rotatable bonds is 12. The maximum atomic E-state index is 13.3. The number of carbonyl (C=O) groups excluding carboxylic acids is 1. The summed E-state index contributed by atoms with van der Waals surface area (Å²) in [5.74, 6) is -0.0905. The van der Waals surface area contributed by atoms with Crippen LogP contribution >= 0.6 is 0 Å². The number of nitrogens with zero attached hydrogens (tertiary/aromatic N) is 1. The van der Waals surface area contributed by atoms with Gasteiger partial charge in [-0.25, -0.2) is 0 Å². The summed E-state index contributed by atoms with van der Waals surface area (Å²) in [6.45, 7) is 23.3. The molecular weight excluding hydrogens is 326 g/mol. The highest BCUT2D eigenvalue weighted by atomic mass is 16.6. The van der Waals surface area contributed by atoms with Crippen LogP contribution in [-0.2, 0) is 14.3 Å². The van der Waals surface area contributed by atoms with Crippen LogP contribution in [0, 0.1) is 5.41 Å². The van der Waals surface area contributed by atoms with Crippen molar-refractivity contribution in [1.29, 1.82) is 0 Å². The molecule has 4 heteroatoms. The Balaban J connectivity index is 5.28. The molecule has 0 fully saturated rings. The maximum absolute atomic E-state index is 13.3. The lowest BCUT2D eigenvalue weighted by Crippen LogP contribution is -2.53. The van der Waals surface area contributed by atoms with E-state index in [1.165, 1.54) is 0 Å². The smallest absolute Gasteiger partial charge is 0.324 e. The second kappa shape index (κ2) is 10.7. The lowest BCUT2D eigenvalue weighted by atomic mass is 9.76. The third-order valence-electron chi connectivity index (χ3n) is 5.40. The van der Waals surface area contributed by atoms with Gasteiger partial charge in [0.15, 0.2) is 0 Å². The molecular formula is C22H45NO3. The number of carbonyl (C=O) groups is 1. The average molecular weight is 372 g/mol. The van der Waals surface area contributed by atoms with Crippen molar-refractivity contribution >= 4 is 5.97 Å². The molecule has 0 heterocycles. The van der Waals surface area contributed by atoms with E-state index in [1.54, 1.807) is 0 Å². The van der Waals surface area contributed by atoms with E-state index < -0.39 is 5.60 Å². The molecule has 0 saturated heterocycles. The third-order valence-corrected chi connectivity index (χ3v) is 5.40.